The Morgan fingerprint density at radius 1 is 1.47 bits per heavy atom. The van der Waals surface area contributed by atoms with E-state index in [0.717, 1.165) is 0 Å². The Labute approximate surface area is 101 Å². The van der Waals surface area contributed by atoms with Crippen molar-refractivity contribution in [1.29, 1.82) is 0 Å². The molecule has 0 spiro atoms. The number of carboxylic acid groups (broad SMARTS) is 1. The molecule has 1 amide bonds. The maximum Gasteiger partial charge on any atom is 0.307 e. The minimum Gasteiger partial charge on any atom is -0.481 e. The van der Waals surface area contributed by atoms with Gasteiger partial charge in [0.2, 0.25) is 5.91 Å². The van der Waals surface area contributed by atoms with E-state index in [1.165, 1.54) is 0 Å². The predicted octanol–water partition coefficient (Wildman–Crippen LogP) is -0.456. The van der Waals surface area contributed by atoms with Crippen molar-refractivity contribution < 1.29 is 19.4 Å². The van der Waals surface area contributed by atoms with Crippen LogP contribution in [0.2, 0.25) is 0 Å². The van der Waals surface area contributed by atoms with E-state index in [0.29, 0.717) is 26.1 Å². The summed E-state index contributed by atoms with van der Waals surface area (Å²) in [6, 6.07) is 0. The summed E-state index contributed by atoms with van der Waals surface area (Å²) in [5, 5.41) is 11.9. The first kappa shape index (κ1) is 13.9. The zero-order chi connectivity index (χ0) is 12.8. The number of carbonyl (C=O) groups excluding carboxylic acids is 1. The first-order valence-corrected chi connectivity index (χ1v) is 5.83. The van der Waals surface area contributed by atoms with Crippen molar-refractivity contribution in [3.63, 3.8) is 0 Å². The van der Waals surface area contributed by atoms with E-state index in [2.05, 4.69) is 5.32 Å². The number of nitrogens with one attached hydrogen (secondary N) is 1. The Kier molecular flexibility index (Phi) is 5.37. The van der Waals surface area contributed by atoms with Crippen LogP contribution in [0.5, 0.6) is 0 Å². The van der Waals surface area contributed by atoms with Crippen molar-refractivity contribution in [2.45, 2.75) is 19.4 Å². The smallest absolute Gasteiger partial charge is 0.307 e. The standard InChI is InChI=1S/C11H20N2O4/c1-3-13(2)10(14)7-17-9-4-8(11(15)16)5-12-6-9/h8-9,12H,3-7H2,1-2H3,(H,15,16). The molecule has 98 valence electrons. The fourth-order valence-electron chi connectivity index (χ4n) is 1.69. The van der Waals surface area contributed by atoms with Gasteiger partial charge >= 0.3 is 5.97 Å². The lowest BCUT2D eigenvalue weighted by molar-refractivity contribution is -0.145. The molecule has 1 heterocycles. The molecule has 0 aromatic heterocycles. The summed E-state index contributed by atoms with van der Waals surface area (Å²) in [5.74, 6) is -1.32. The first-order chi connectivity index (χ1) is 8.04. The molecule has 1 aliphatic heterocycles. The van der Waals surface area contributed by atoms with Gasteiger partial charge < -0.3 is 20.1 Å². The molecule has 2 N–H and O–H groups in total. The van der Waals surface area contributed by atoms with Crippen molar-refractivity contribution in [2.24, 2.45) is 5.92 Å². The number of carbonyl (C=O) groups is 2. The van der Waals surface area contributed by atoms with Gasteiger partial charge in [0.25, 0.3) is 0 Å². The molecule has 1 aliphatic rings. The average Bonchev–Trinajstić information content (AvgIpc) is 2.35. The fraction of sp³-hybridized carbons (Fsp3) is 0.818. The number of carboxylic acids is 1. The lowest BCUT2D eigenvalue weighted by atomic mass is 9.98. The zero-order valence-corrected chi connectivity index (χ0v) is 10.3. The third-order valence-electron chi connectivity index (χ3n) is 3.00. The maximum atomic E-state index is 11.5. The minimum atomic E-state index is -0.817. The maximum absolute atomic E-state index is 11.5. The van der Waals surface area contributed by atoms with Gasteiger partial charge in [0.15, 0.2) is 0 Å². The van der Waals surface area contributed by atoms with Crippen LogP contribution in [0, 0.1) is 5.92 Å². The normalized spacial score (nSPS) is 24.4. The van der Waals surface area contributed by atoms with Gasteiger partial charge in [0.1, 0.15) is 6.61 Å². The molecular formula is C11H20N2O4. The quantitative estimate of drug-likeness (QED) is 0.684. The summed E-state index contributed by atoms with van der Waals surface area (Å²) in [5.41, 5.74) is 0. The number of amides is 1. The molecule has 0 saturated carbocycles. The van der Waals surface area contributed by atoms with Crippen molar-refractivity contribution in [1.82, 2.24) is 10.2 Å². The first-order valence-electron chi connectivity index (χ1n) is 5.83. The Morgan fingerprint density at radius 3 is 2.76 bits per heavy atom. The summed E-state index contributed by atoms with van der Waals surface area (Å²) in [7, 11) is 1.71. The van der Waals surface area contributed by atoms with E-state index in [-0.39, 0.29) is 18.6 Å². The van der Waals surface area contributed by atoms with Crippen molar-refractivity contribution in [3.05, 3.63) is 0 Å². The Morgan fingerprint density at radius 2 is 2.18 bits per heavy atom. The Balaban J connectivity index is 2.32. The summed E-state index contributed by atoms with van der Waals surface area (Å²) in [6.45, 7) is 3.62. The number of rotatable bonds is 5. The van der Waals surface area contributed by atoms with Crippen LogP contribution in [0.25, 0.3) is 0 Å². The monoisotopic (exact) mass is 244 g/mol. The number of nitrogens with zero attached hydrogens (tertiary/aromatic N) is 1. The Bertz CT molecular complexity index is 283. The summed E-state index contributed by atoms with van der Waals surface area (Å²) in [6.07, 6.45) is 0.268. The highest BCUT2D eigenvalue weighted by atomic mass is 16.5. The lowest BCUT2D eigenvalue weighted by Gasteiger charge is -2.28. The van der Waals surface area contributed by atoms with Crippen LogP contribution < -0.4 is 5.32 Å². The predicted molar refractivity (Wildman–Crippen MR) is 61.7 cm³/mol. The molecule has 0 aromatic carbocycles. The number of hydrogen-bond acceptors (Lipinski definition) is 4. The number of piperidine rings is 1. The average molecular weight is 244 g/mol. The molecule has 6 nitrogen and oxygen atoms in total. The van der Waals surface area contributed by atoms with Gasteiger partial charge in [-0.25, -0.2) is 0 Å². The molecule has 0 radical (unpaired) electrons. The summed E-state index contributed by atoms with van der Waals surface area (Å²) in [4.78, 5) is 23.9. The molecule has 17 heavy (non-hydrogen) atoms. The zero-order valence-electron chi connectivity index (χ0n) is 10.3. The second-order valence-electron chi connectivity index (χ2n) is 4.27. The van der Waals surface area contributed by atoms with Gasteiger partial charge in [-0.05, 0) is 13.3 Å². The Hall–Kier alpha value is -1.14. The van der Waals surface area contributed by atoms with Crippen molar-refractivity contribution in [2.75, 3.05) is 33.3 Å². The van der Waals surface area contributed by atoms with E-state index < -0.39 is 11.9 Å². The van der Waals surface area contributed by atoms with E-state index in [9.17, 15) is 9.59 Å². The van der Waals surface area contributed by atoms with Gasteiger partial charge in [0.05, 0.1) is 12.0 Å². The van der Waals surface area contributed by atoms with Gasteiger partial charge in [-0.2, -0.15) is 0 Å². The van der Waals surface area contributed by atoms with E-state index in [1.807, 2.05) is 6.92 Å². The van der Waals surface area contributed by atoms with Crippen LogP contribution in [0.1, 0.15) is 13.3 Å². The number of hydrogen-bond donors (Lipinski definition) is 2. The van der Waals surface area contributed by atoms with Crippen molar-refractivity contribution in [3.8, 4) is 0 Å². The van der Waals surface area contributed by atoms with Crippen molar-refractivity contribution >= 4 is 11.9 Å². The second-order valence-corrected chi connectivity index (χ2v) is 4.27. The van der Waals surface area contributed by atoms with Crippen LogP contribution in [0.4, 0.5) is 0 Å². The van der Waals surface area contributed by atoms with Crippen LogP contribution in [-0.4, -0.2) is 61.3 Å². The molecule has 0 aromatic rings. The number of aliphatic carboxylic acids is 1. The van der Waals surface area contributed by atoms with Gasteiger partial charge in [-0.1, -0.05) is 0 Å². The van der Waals surface area contributed by atoms with E-state index in [4.69, 9.17) is 9.84 Å². The summed E-state index contributed by atoms with van der Waals surface area (Å²) >= 11 is 0. The topological polar surface area (TPSA) is 78.9 Å². The molecule has 2 unspecified atom stereocenters. The molecule has 0 bridgehead atoms. The summed E-state index contributed by atoms with van der Waals surface area (Å²) < 4.78 is 5.43. The molecular weight excluding hydrogens is 224 g/mol. The SMILES string of the molecule is CCN(C)C(=O)COC1CNCC(C(=O)O)C1. The van der Waals surface area contributed by atoms with Crippen LogP contribution in [0.15, 0.2) is 0 Å². The second kappa shape index (κ2) is 6.56. The minimum absolute atomic E-state index is 0.0169. The van der Waals surface area contributed by atoms with E-state index >= 15 is 0 Å². The molecule has 0 aliphatic carbocycles. The van der Waals surface area contributed by atoms with Crippen LogP contribution >= 0.6 is 0 Å². The third-order valence-corrected chi connectivity index (χ3v) is 3.00. The van der Waals surface area contributed by atoms with Gasteiger partial charge in [-0.3, -0.25) is 9.59 Å². The highest BCUT2D eigenvalue weighted by Crippen LogP contribution is 2.13. The van der Waals surface area contributed by atoms with Gasteiger partial charge in [0, 0.05) is 26.7 Å². The molecule has 1 rings (SSSR count). The number of ether oxygens (including phenoxy) is 1. The van der Waals surface area contributed by atoms with E-state index in [1.54, 1.807) is 11.9 Å². The highest BCUT2D eigenvalue weighted by molar-refractivity contribution is 5.77. The fourth-order valence-corrected chi connectivity index (χ4v) is 1.69. The third kappa shape index (κ3) is 4.32. The largest absolute Gasteiger partial charge is 0.481 e. The van der Waals surface area contributed by atoms with Crippen LogP contribution in [0.3, 0.4) is 0 Å². The molecule has 6 heteroatoms. The highest BCUT2D eigenvalue weighted by Gasteiger charge is 2.27. The van der Waals surface area contributed by atoms with Crippen LogP contribution in [-0.2, 0) is 14.3 Å². The molecule has 1 saturated heterocycles. The number of likely N-dealkylation sites (N-methyl/N-ethyl adjacent to an activating group) is 1. The molecule has 1 fully saturated rings. The van der Waals surface area contributed by atoms with Gasteiger partial charge in [-0.15, -0.1) is 0 Å². The molecule has 2 atom stereocenters. The lowest BCUT2D eigenvalue weighted by Crippen LogP contribution is -2.44.